The van der Waals surface area contributed by atoms with Gasteiger partial charge in [0.2, 0.25) is 0 Å². The summed E-state index contributed by atoms with van der Waals surface area (Å²) in [6.07, 6.45) is 2.47. The van der Waals surface area contributed by atoms with Gasteiger partial charge in [-0.25, -0.2) is 13.2 Å². The monoisotopic (exact) mass is 238 g/mol. The minimum Gasteiger partial charge on any atom is -0.380 e. The zero-order valence-electron chi connectivity index (χ0n) is 8.75. The third-order valence-corrected chi connectivity index (χ3v) is 2.22. The first-order valence-electron chi connectivity index (χ1n) is 4.94. The van der Waals surface area contributed by atoms with Crippen LogP contribution < -0.4 is 5.32 Å². The molecule has 0 spiro atoms. The lowest BCUT2D eigenvalue weighted by atomic mass is 10.2. The Bertz CT molecular complexity index is 529. The Labute approximate surface area is 96.1 Å². The van der Waals surface area contributed by atoms with Gasteiger partial charge in [-0.3, -0.25) is 4.98 Å². The van der Waals surface area contributed by atoms with Crippen molar-refractivity contribution in [3.63, 3.8) is 0 Å². The summed E-state index contributed by atoms with van der Waals surface area (Å²) in [4.78, 5) is 3.63. The molecule has 0 saturated carbocycles. The topological polar surface area (TPSA) is 24.9 Å². The van der Waals surface area contributed by atoms with Crippen LogP contribution in [0.1, 0.15) is 5.56 Å². The highest BCUT2D eigenvalue weighted by Crippen LogP contribution is 2.14. The fourth-order valence-corrected chi connectivity index (χ4v) is 1.39. The van der Waals surface area contributed by atoms with Crippen LogP contribution in [-0.2, 0) is 6.54 Å². The van der Waals surface area contributed by atoms with Gasteiger partial charge >= 0.3 is 0 Å². The highest BCUT2D eigenvalue weighted by Gasteiger charge is 2.07. The number of hydrogen-bond acceptors (Lipinski definition) is 2. The van der Waals surface area contributed by atoms with Gasteiger partial charge in [0.1, 0.15) is 5.82 Å². The van der Waals surface area contributed by atoms with Gasteiger partial charge in [0.05, 0.1) is 18.1 Å². The summed E-state index contributed by atoms with van der Waals surface area (Å²) in [6.45, 7) is 0.0642. The average Bonchev–Trinajstić information content (AvgIpc) is 2.31. The predicted molar refractivity (Wildman–Crippen MR) is 57.9 cm³/mol. The largest absolute Gasteiger partial charge is 0.380 e. The summed E-state index contributed by atoms with van der Waals surface area (Å²) >= 11 is 0. The number of nitrogens with one attached hydrogen (secondary N) is 1. The third kappa shape index (κ3) is 2.75. The molecular formula is C12H9F3N2. The maximum atomic E-state index is 13.3. The van der Waals surface area contributed by atoms with Gasteiger partial charge in [-0.1, -0.05) is 12.1 Å². The van der Waals surface area contributed by atoms with Crippen LogP contribution in [0.25, 0.3) is 0 Å². The van der Waals surface area contributed by atoms with E-state index in [1.807, 2.05) is 0 Å². The van der Waals surface area contributed by atoms with Gasteiger partial charge < -0.3 is 5.32 Å². The van der Waals surface area contributed by atoms with Crippen LogP contribution in [0.15, 0.2) is 36.7 Å². The maximum Gasteiger partial charge on any atom is 0.163 e. The first kappa shape index (κ1) is 11.4. The van der Waals surface area contributed by atoms with Crippen LogP contribution in [0.3, 0.4) is 0 Å². The summed E-state index contributed by atoms with van der Waals surface area (Å²) in [5.41, 5.74) is 0.586. The van der Waals surface area contributed by atoms with Crippen LogP contribution in [0.4, 0.5) is 18.9 Å². The fourth-order valence-electron chi connectivity index (χ4n) is 1.39. The molecule has 0 atom stereocenters. The quantitative estimate of drug-likeness (QED) is 0.888. The second kappa shape index (κ2) is 4.86. The zero-order chi connectivity index (χ0) is 12.3. The average molecular weight is 238 g/mol. The summed E-state index contributed by atoms with van der Waals surface area (Å²) in [6, 6.07) is 5.14. The van der Waals surface area contributed by atoms with Gasteiger partial charge in [-0.15, -0.1) is 0 Å². The van der Waals surface area contributed by atoms with Crippen molar-refractivity contribution in [1.82, 2.24) is 4.98 Å². The first-order valence-corrected chi connectivity index (χ1v) is 4.94. The van der Waals surface area contributed by atoms with E-state index in [2.05, 4.69) is 10.3 Å². The first-order chi connectivity index (χ1) is 8.16. The predicted octanol–water partition coefficient (Wildman–Crippen LogP) is 3.11. The highest BCUT2D eigenvalue weighted by molar-refractivity contribution is 5.41. The van der Waals surface area contributed by atoms with E-state index in [1.165, 1.54) is 24.4 Å². The number of anilines is 1. The summed E-state index contributed by atoms with van der Waals surface area (Å²) in [7, 11) is 0. The molecule has 0 saturated heterocycles. The molecule has 0 bridgehead atoms. The number of halogens is 3. The number of aromatic nitrogens is 1. The van der Waals surface area contributed by atoms with E-state index in [9.17, 15) is 13.2 Å². The van der Waals surface area contributed by atoms with Crippen LogP contribution >= 0.6 is 0 Å². The van der Waals surface area contributed by atoms with Crippen LogP contribution in [0, 0.1) is 17.5 Å². The van der Waals surface area contributed by atoms with E-state index < -0.39 is 17.5 Å². The van der Waals surface area contributed by atoms with Gasteiger partial charge in [0.25, 0.3) is 0 Å². The molecule has 0 aliphatic heterocycles. The van der Waals surface area contributed by atoms with Crippen molar-refractivity contribution < 1.29 is 13.2 Å². The van der Waals surface area contributed by atoms with Crippen molar-refractivity contribution in [3.05, 3.63) is 59.7 Å². The molecule has 0 radical (unpaired) electrons. The van der Waals surface area contributed by atoms with Gasteiger partial charge in [-0.05, 0) is 6.07 Å². The summed E-state index contributed by atoms with van der Waals surface area (Å²) < 4.78 is 39.0. The lowest BCUT2D eigenvalue weighted by molar-refractivity contribution is 0.500. The van der Waals surface area contributed by atoms with Crippen molar-refractivity contribution in [1.29, 1.82) is 0 Å². The second-order valence-electron chi connectivity index (χ2n) is 3.46. The Morgan fingerprint density at radius 2 is 1.94 bits per heavy atom. The Morgan fingerprint density at radius 3 is 2.71 bits per heavy atom. The van der Waals surface area contributed by atoms with Gasteiger partial charge in [0.15, 0.2) is 11.6 Å². The zero-order valence-corrected chi connectivity index (χ0v) is 8.75. The normalized spacial score (nSPS) is 10.3. The minimum atomic E-state index is -0.901. The highest BCUT2D eigenvalue weighted by atomic mass is 19.2. The Hall–Kier alpha value is -2.04. The van der Waals surface area contributed by atoms with E-state index in [0.29, 0.717) is 5.69 Å². The molecule has 0 aliphatic carbocycles. The molecule has 2 rings (SSSR count). The van der Waals surface area contributed by atoms with Crippen LogP contribution in [0.5, 0.6) is 0 Å². The van der Waals surface area contributed by atoms with E-state index in [-0.39, 0.29) is 12.1 Å². The number of pyridine rings is 1. The van der Waals surface area contributed by atoms with Crippen LogP contribution in [0.2, 0.25) is 0 Å². The van der Waals surface area contributed by atoms with Crippen molar-refractivity contribution >= 4 is 5.69 Å². The summed E-state index contributed by atoms with van der Waals surface area (Å²) in [5, 5.41) is 2.76. The van der Waals surface area contributed by atoms with Crippen LogP contribution in [-0.4, -0.2) is 4.98 Å². The number of hydrogen-bond donors (Lipinski definition) is 1. The van der Waals surface area contributed by atoms with Crippen molar-refractivity contribution in [2.24, 2.45) is 0 Å². The van der Waals surface area contributed by atoms with Crippen molar-refractivity contribution in [3.8, 4) is 0 Å². The lowest BCUT2D eigenvalue weighted by Gasteiger charge is -2.07. The molecule has 88 valence electrons. The van der Waals surface area contributed by atoms with E-state index in [4.69, 9.17) is 0 Å². The molecule has 2 nitrogen and oxygen atoms in total. The van der Waals surface area contributed by atoms with E-state index in [0.717, 1.165) is 12.3 Å². The molecule has 2 aromatic rings. The number of benzene rings is 1. The molecule has 0 fully saturated rings. The van der Waals surface area contributed by atoms with Gasteiger partial charge in [0, 0.05) is 18.2 Å². The standard InChI is InChI=1S/C12H9F3N2/c13-9-4-10(7-16-6-9)17-5-8-2-1-3-11(14)12(8)15/h1-4,6-7,17H,5H2. The van der Waals surface area contributed by atoms with E-state index >= 15 is 0 Å². The Kier molecular flexibility index (Phi) is 3.27. The molecule has 17 heavy (non-hydrogen) atoms. The molecule has 0 aliphatic rings. The molecule has 1 aromatic heterocycles. The van der Waals surface area contributed by atoms with E-state index in [1.54, 1.807) is 0 Å². The summed E-state index contributed by atoms with van der Waals surface area (Å²) in [5.74, 6) is -2.29. The molecular weight excluding hydrogens is 229 g/mol. The Morgan fingerprint density at radius 1 is 1.12 bits per heavy atom. The minimum absolute atomic E-state index is 0.0642. The molecule has 0 amide bonds. The molecule has 5 heteroatoms. The fraction of sp³-hybridized carbons (Fsp3) is 0.0833. The van der Waals surface area contributed by atoms with Crippen molar-refractivity contribution in [2.45, 2.75) is 6.54 Å². The SMILES string of the molecule is Fc1cncc(NCc2cccc(F)c2F)c1. The van der Waals surface area contributed by atoms with Gasteiger partial charge in [-0.2, -0.15) is 0 Å². The molecule has 1 aromatic carbocycles. The third-order valence-electron chi connectivity index (χ3n) is 2.22. The number of rotatable bonds is 3. The second-order valence-corrected chi connectivity index (χ2v) is 3.46. The Balaban J connectivity index is 2.10. The van der Waals surface area contributed by atoms with Crippen molar-refractivity contribution in [2.75, 3.05) is 5.32 Å². The number of nitrogens with zero attached hydrogens (tertiary/aromatic N) is 1. The molecule has 1 heterocycles. The maximum absolute atomic E-state index is 13.3. The smallest absolute Gasteiger partial charge is 0.163 e. The lowest BCUT2D eigenvalue weighted by Crippen LogP contribution is -2.03. The molecule has 1 N–H and O–H groups in total. The molecule has 0 unspecified atom stereocenters.